The van der Waals surface area contributed by atoms with Crippen LogP contribution in [0.3, 0.4) is 0 Å². The number of benzene rings is 2. The maximum absolute atomic E-state index is 12.5. The molecule has 7 heteroatoms. The van der Waals surface area contributed by atoms with Gasteiger partial charge in [-0.2, -0.15) is 5.10 Å². The van der Waals surface area contributed by atoms with Crippen LogP contribution in [-0.2, 0) is 29.2 Å². The standard InChI is InChI=1S/C20H21N3O3S/c1-15-3-9-19(10-4-15)27(25,26)14-16-5-7-17(8-6-16)20(24)21-13-18-11-12-22-23(18)2/h3-12H,13-14H2,1-2H3,(H,21,24). The molecule has 1 heterocycles. The van der Waals surface area contributed by atoms with Crippen LogP contribution in [0.2, 0.25) is 0 Å². The van der Waals surface area contributed by atoms with Gasteiger partial charge in [0.15, 0.2) is 9.84 Å². The van der Waals surface area contributed by atoms with Crippen LogP contribution in [0.15, 0.2) is 65.7 Å². The van der Waals surface area contributed by atoms with Gasteiger partial charge >= 0.3 is 0 Å². The average Bonchev–Trinajstić information content (AvgIpc) is 3.05. The maximum atomic E-state index is 12.5. The van der Waals surface area contributed by atoms with E-state index in [0.29, 0.717) is 22.6 Å². The topological polar surface area (TPSA) is 81.1 Å². The summed E-state index contributed by atoms with van der Waals surface area (Å²) in [6, 6.07) is 15.2. The number of nitrogens with zero attached hydrogens (tertiary/aromatic N) is 2. The van der Waals surface area contributed by atoms with Gasteiger partial charge in [0.25, 0.3) is 5.91 Å². The number of aromatic nitrogens is 2. The Bertz CT molecular complexity index is 1040. The van der Waals surface area contributed by atoms with Crippen LogP contribution >= 0.6 is 0 Å². The van der Waals surface area contributed by atoms with Crippen molar-refractivity contribution in [3.63, 3.8) is 0 Å². The average molecular weight is 383 g/mol. The van der Waals surface area contributed by atoms with Crippen molar-refractivity contribution in [3.8, 4) is 0 Å². The molecule has 0 unspecified atom stereocenters. The molecule has 27 heavy (non-hydrogen) atoms. The highest BCUT2D eigenvalue weighted by Gasteiger charge is 2.15. The first-order valence-corrected chi connectivity index (χ1v) is 10.1. The Kier molecular flexibility index (Phi) is 5.41. The Balaban J connectivity index is 1.65. The number of rotatable bonds is 6. The summed E-state index contributed by atoms with van der Waals surface area (Å²) in [7, 11) is -1.61. The fourth-order valence-corrected chi connectivity index (χ4v) is 4.00. The van der Waals surface area contributed by atoms with Gasteiger partial charge in [-0.1, -0.05) is 29.8 Å². The van der Waals surface area contributed by atoms with Crippen LogP contribution in [0.4, 0.5) is 0 Å². The Labute approximate surface area is 158 Å². The molecular formula is C20H21N3O3S. The van der Waals surface area contributed by atoms with Crippen LogP contribution < -0.4 is 5.32 Å². The van der Waals surface area contributed by atoms with Crippen molar-refractivity contribution in [1.29, 1.82) is 0 Å². The van der Waals surface area contributed by atoms with Crippen LogP contribution in [0.1, 0.15) is 27.2 Å². The van der Waals surface area contributed by atoms with E-state index in [2.05, 4.69) is 10.4 Å². The molecule has 0 bridgehead atoms. The van der Waals surface area contributed by atoms with E-state index in [9.17, 15) is 13.2 Å². The highest BCUT2D eigenvalue weighted by atomic mass is 32.2. The number of hydrogen-bond acceptors (Lipinski definition) is 4. The highest BCUT2D eigenvalue weighted by molar-refractivity contribution is 7.90. The van der Waals surface area contributed by atoms with E-state index in [-0.39, 0.29) is 11.7 Å². The number of carbonyl (C=O) groups is 1. The number of hydrogen-bond donors (Lipinski definition) is 1. The minimum atomic E-state index is -3.42. The molecule has 0 aliphatic rings. The Hall–Kier alpha value is -2.93. The van der Waals surface area contributed by atoms with Gasteiger partial charge in [0, 0.05) is 18.8 Å². The van der Waals surface area contributed by atoms with Gasteiger partial charge in [-0.05, 0) is 42.8 Å². The second-order valence-electron chi connectivity index (χ2n) is 6.40. The van der Waals surface area contributed by atoms with Crippen LogP contribution in [0, 0.1) is 6.92 Å². The van der Waals surface area contributed by atoms with Gasteiger partial charge in [0.05, 0.1) is 22.9 Å². The number of amides is 1. The Morgan fingerprint density at radius 1 is 1.04 bits per heavy atom. The van der Waals surface area contributed by atoms with Crippen molar-refractivity contribution in [2.45, 2.75) is 24.1 Å². The lowest BCUT2D eigenvalue weighted by atomic mass is 10.1. The fraction of sp³-hybridized carbons (Fsp3) is 0.200. The largest absolute Gasteiger partial charge is 0.346 e. The summed E-state index contributed by atoms with van der Waals surface area (Å²) in [4.78, 5) is 12.5. The third kappa shape index (κ3) is 4.62. The molecule has 6 nitrogen and oxygen atoms in total. The lowest BCUT2D eigenvalue weighted by Gasteiger charge is -2.08. The van der Waals surface area contributed by atoms with E-state index in [1.54, 1.807) is 59.4 Å². The van der Waals surface area contributed by atoms with Gasteiger partial charge < -0.3 is 5.32 Å². The van der Waals surface area contributed by atoms with E-state index in [0.717, 1.165) is 11.3 Å². The Morgan fingerprint density at radius 2 is 1.70 bits per heavy atom. The van der Waals surface area contributed by atoms with Crippen molar-refractivity contribution in [2.24, 2.45) is 7.05 Å². The molecule has 0 saturated heterocycles. The second-order valence-corrected chi connectivity index (χ2v) is 8.39. The van der Waals surface area contributed by atoms with Crippen molar-refractivity contribution < 1.29 is 13.2 Å². The van der Waals surface area contributed by atoms with Crippen LogP contribution in [-0.4, -0.2) is 24.1 Å². The molecular weight excluding hydrogens is 362 g/mol. The maximum Gasteiger partial charge on any atom is 0.251 e. The zero-order valence-electron chi connectivity index (χ0n) is 15.2. The predicted octanol–water partition coefficient (Wildman–Crippen LogP) is 2.63. The first-order valence-electron chi connectivity index (χ1n) is 8.48. The molecule has 2 aromatic carbocycles. The van der Waals surface area contributed by atoms with Crippen molar-refractivity contribution in [3.05, 3.63) is 83.2 Å². The number of nitrogens with one attached hydrogen (secondary N) is 1. The molecule has 3 aromatic rings. The molecule has 0 spiro atoms. The van der Waals surface area contributed by atoms with Crippen molar-refractivity contribution >= 4 is 15.7 Å². The fourth-order valence-electron chi connectivity index (χ4n) is 2.65. The third-order valence-electron chi connectivity index (χ3n) is 4.31. The van der Waals surface area contributed by atoms with E-state index in [4.69, 9.17) is 0 Å². The van der Waals surface area contributed by atoms with Crippen LogP contribution in [0.5, 0.6) is 0 Å². The van der Waals surface area contributed by atoms with E-state index >= 15 is 0 Å². The van der Waals surface area contributed by atoms with Gasteiger partial charge in [0.2, 0.25) is 0 Å². The molecule has 140 valence electrons. The zero-order valence-corrected chi connectivity index (χ0v) is 16.0. The zero-order chi connectivity index (χ0) is 19.4. The second kappa shape index (κ2) is 7.75. The summed E-state index contributed by atoms with van der Waals surface area (Å²) in [5.74, 6) is -0.323. The summed E-state index contributed by atoms with van der Waals surface area (Å²) >= 11 is 0. The number of sulfone groups is 1. The summed E-state index contributed by atoms with van der Waals surface area (Å²) in [5.41, 5.74) is 3.02. The Morgan fingerprint density at radius 3 is 2.30 bits per heavy atom. The molecule has 0 aliphatic heterocycles. The monoisotopic (exact) mass is 383 g/mol. The van der Waals surface area contributed by atoms with E-state index in [1.807, 2.05) is 20.0 Å². The third-order valence-corrected chi connectivity index (χ3v) is 6.01. The van der Waals surface area contributed by atoms with Gasteiger partial charge in [-0.25, -0.2) is 8.42 Å². The smallest absolute Gasteiger partial charge is 0.251 e. The number of aryl methyl sites for hydroxylation is 2. The number of carbonyl (C=O) groups excluding carboxylic acids is 1. The molecule has 3 rings (SSSR count). The van der Waals surface area contributed by atoms with Gasteiger partial charge in [0.1, 0.15) is 0 Å². The van der Waals surface area contributed by atoms with Crippen molar-refractivity contribution in [1.82, 2.24) is 15.1 Å². The molecule has 1 aromatic heterocycles. The lowest BCUT2D eigenvalue weighted by molar-refractivity contribution is 0.0950. The van der Waals surface area contributed by atoms with Gasteiger partial charge in [-0.3, -0.25) is 9.48 Å². The SMILES string of the molecule is Cc1ccc(S(=O)(=O)Cc2ccc(C(=O)NCc3ccnn3C)cc2)cc1. The lowest BCUT2D eigenvalue weighted by Crippen LogP contribution is -2.24. The van der Waals surface area contributed by atoms with E-state index in [1.165, 1.54) is 0 Å². The minimum absolute atomic E-state index is 0.104. The minimum Gasteiger partial charge on any atom is -0.346 e. The molecule has 0 radical (unpaired) electrons. The summed E-state index contributed by atoms with van der Waals surface area (Å²) in [5, 5.41) is 6.87. The van der Waals surface area contributed by atoms with Crippen molar-refractivity contribution in [2.75, 3.05) is 0 Å². The molecule has 0 saturated carbocycles. The molecule has 1 N–H and O–H groups in total. The first kappa shape index (κ1) is 18.8. The summed E-state index contributed by atoms with van der Waals surface area (Å²) in [6.45, 7) is 2.29. The normalized spacial score (nSPS) is 11.3. The summed E-state index contributed by atoms with van der Waals surface area (Å²) in [6.07, 6.45) is 1.67. The quantitative estimate of drug-likeness (QED) is 0.709. The van der Waals surface area contributed by atoms with Crippen LogP contribution in [0.25, 0.3) is 0 Å². The van der Waals surface area contributed by atoms with E-state index < -0.39 is 9.84 Å². The molecule has 0 aliphatic carbocycles. The molecule has 0 atom stereocenters. The highest BCUT2D eigenvalue weighted by Crippen LogP contribution is 2.17. The molecule has 1 amide bonds. The first-order chi connectivity index (χ1) is 12.8. The molecule has 0 fully saturated rings. The van der Waals surface area contributed by atoms with Gasteiger partial charge in [-0.15, -0.1) is 0 Å². The summed E-state index contributed by atoms with van der Waals surface area (Å²) < 4.78 is 26.7. The predicted molar refractivity (Wildman–Crippen MR) is 103 cm³/mol.